The van der Waals surface area contributed by atoms with Crippen LogP contribution in [0.5, 0.6) is 11.5 Å². The van der Waals surface area contributed by atoms with Crippen molar-refractivity contribution in [2.75, 3.05) is 33.9 Å². The molecule has 0 saturated carbocycles. The van der Waals surface area contributed by atoms with Gasteiger partial charge in [-0.1, -0.05) is 0 Å². The quantitative estimate of drug-likeness (QED) is 0.831. The summed E-state index contributed by atoms with van der Waals surface area (Å²) < 4.78 is 10.6. The molecule has 1 amide bonds. The van der Waals surface area contributed by atoms with Crippen molar-refractivity contribution in [2.45, 2.75) is 19.3 Å². The molecule has 116 valence electrons. The van der Waals surface area contributed by atoms with Crippen molar-refractivity contribution < 1.29 is 14.3 Å². The molecule has 0 radical (unpaired) electrons. The standard InChI is InChI=1S/C16H24N2O3/c1-20-14-3-4-15(21-2)13(11-14)7-10-18-16(19)12-5-8-17-9-6-12/h3-4,11-12,17H,5-10H2,1-2H3,(H,18,19). The molecule has 1 aliphatic rings. The Hall–Kier alpha value is -1.75. The maximum Gasteiger partial charge on any atom is 0.223 e. The number of rotatable bonds is 6. The van der Waals surface area contributed by atoms with E-state index in [1.807, 2.05) is 18.2 Å². The first kappa shape index (κ1) is 15.6. The van der Waals surface area contributed by atoms with Crippen molar-refractivity contribution >= 4 is 5.91 Å². The molecular formula is C16H24N2O3. The fourth-order valence-electron chi connectivity index (χ4n) is 2.63. The minimum Gasteiger partial charge on any atom is -0.497 e. The van der Waals surface area contributed by atoms with Crippen LogP contribution in [0.25, 0.3) is 0 Å². The monoisotopic (exact) mass is 292 g/mol. The fourth-order valence-corrected chi connectivity index (χ4v) is 2.63. The fraction of sp³-hybridized carbons (Fsp3) is 0.562. The highest BCUT2D eigenvalue weighted by molar-refractivity contribution is 5.78. The maximum atomic E-state index is 12.1. The second-order valence-electron chi connectivity index (χ2n) is 5.24. The molecular weight excluding hydrogens is 268 g/mol. The molecule has 1 saturated heterocycles. The van der Waals surface area contributed by atoms with Crippen LogP contribution in [0, 0.1) is 5.92 Å². The average Bonchev–Trinajstić information content (AvgIpc) is 2.55. The van der Waals surface area contributed by atoms with Gasteiger partial charge in [-0.05, 0) is 56.1 Å². The van der Waals surface area contributed by atoms with Crippen LogP contribution in [-0.4, -0.2) is 39.8 Å². The van der Waals surface area contributed by atoms with Crippen molar-refractivity contribution in [3.8, 4) is 11.5 Å². The zero-order valence-corrected chi connectivity index (χ0v) is 12.8. The first-order valence-corrected chi connectivity index (χ1v) is 7.44. The summed E-state index contributed by atoms with van der Waals surface area (Å²) >= 11 is 0. The Kier molecular flexibility index (Phi) is 5.87. The summed E-state index contributed by atoms with van der Waals surface area (Å²) in [5.74, 6) is 1.94. The lowest BCUT2D eigenvalue weighted by molar-refractivity contribution is -0.125. The van der Waals surface area contributed by atoms with E-state index in [-0.39, 0.29) is 11.8 Å². The molecule has 1 aromatic carbocycles. The van der Waals surface area contributed by atoms with Crippen LogP contribution < -0.4 is 20.1 Å². The number of hydrogen-bond acceptors (Lipinski definition) is 4. The smallest absolute Gasteiger partial charge is 0.223 e. The number of methoxy groups -OCH3 is 2. The molecule has 21 heavy (non-hydrogen) atoms. The number of amides is 1. The lowest BCUT2D eigenvalue weighted by atomic mass is 9.97. The van der Waals surface area contributed by atoms with Crippen molar-refractivity contribution in [1.29, 1.82) is 0 Å². The van der Waals surface area contributed by atoms with Crippen LogP contribution in [0.15, 0.2) is 18.2 Å². The van der Waals surface area contributed by atoms with Crippen LogP contribution in [0.4, 0.5) is 0 Å². The summed E-state index contributed by atoms with van der Waals surface area (Å²) in [5.41, 5.74) is 1.04. The highest BCUT2D eigenvalue weighted by Gasteiger charge is 2.20. The zero-order chi connectivity index (χ0) is 15.1. The van der Waals surface area contributed by atoms with Gasteiger partial charge in [0.1, 0.15) is 11.5 Å². The first-order valence-electron chi connectivity index (χ1n) is 7.44. The van der Waals surface area contributed by atoms with Gasteiger partial charge in [0.25, 0.3) is 0 Å². The third kappa shape index (κ3) is 4.36. The van der Waals surface area contributed by atoms with E-state index in [1.54, 1.807) is 14.2 Å². The molecule has 5 heteroatoms. The van der Waals surface area contributed by atoms with Gasteiger partial charge in [-0.3, -0.25) is 4.79 Å². The second kappa shape index (κ2) is 7.88. The lowest BCUT2D eigenvalue weighted by Crippen LogP contribution is -2.38. The Morgan fingerprint density at radius 2 is 2.05 bits per heavy atom. The van der Waals surface area contributed by atoms with Gasteiger partial charge >= 0.3 is 0 Å². The normalized spacial score (nSPS) is 15.5. The Labute approximate surface area is 126 Å². The molecule has 0 bridgehead atoms. The zero-order valence-electron chi connectivity index (χ0n) is 12.8. The molecule has 0 unspecified atom stereocenters. The van der Waals surface area contributed by atoms with Gasteiger partial charge in [-0.15, -0.1) is 0 Å². The Balaban J connectivity index is 1.86. The molecule has 2 N–H and O–H groups in total. The predicted molar refractivity (Wildman–Crippen MR) is 81.9 cm³/mol. The molecule has 1 fully saturated rings. The highest BCUT2D eigenvalue weighted by Crippen LogP contribution is 2.24. The summed E-state index contributed by atoms with van der Waals surface area (Å²) in [5, 5.41) is 6.30. The second-order valence-corrected chi connectivity index (χ2v) is 5.24. The first-order chi connectivity index (χ1) is 10.2. The van der Waals surface area contributed by atoms with Crippen molar-refractivity contribution in [1.82, 2.24) is 10.6 Å². The third-order valence-electron chi connectivity index (χ3n) is 3.89. The number of carbonyl (C=O) groups excluding carboxylic acids is 1. The van der Waals surface area contributed by atoms with E-state index < -0.39 is 0 Å². The van der Waals surface area contributed by atoms with Crippen LogP contribution in [0.1, 0.15) is 18.4 Å². The van der Waals surface area contributed by atoms with E-state index in [4.69, 9.17) is 9.47 Å². The molecule has 2 rings (SSSR count). The minimum absolute atomic E-state index is 0.151. The van der Waals surface area contributed by atoms with Crippen LogP contribution >= 0.6 is 0 Å². The van der Waals surface area contributed by atoms with Crippen molar-refractivity contribution in [3.63, 3.8) is 0 Å². The van der Waals surface area contributed by atoms with Gasteiger partial charge in [0.15, 0.2) is 0 Å². The van der Waals surface area contributed by atoms with Crippen LogP contribution in [0.2, 0.25) is 0 Å². The summed E-state index contributed by atoms with van der Waals surface area (Å²) in [6, 6.07) is 5.72. The molecule has 0 aromatic heterocycles. The number of piperidine rings is 1. The molecule has 0 spiro atoms. The topological polar surface area (TPSA) is 59.6 Å². The number of benzene rings is 1. The van der Waals surface area contributed by atoms with E-state index >= 15 is 0 Å². The average molecular weight is 292 g/mol. The maximum absolute atomic E-state index is 12.1. The van der Waals surface area contributed by atoms with E-state index in [9.17, 15) is 4.79 Å². The minimum atomic E-state index is 0.151. The number of carbonyl (C=O) groups is 1. The molecule has 1 heterocycles. The number of ether oxygens (including phenoxy) is 2. The van der Waals surface area contributed by atoms with Gasteiger partial charge in [0.2, 0.25) is 5.91 Å². The van der Waals surface area contributed by atoms with Crippen molar-refractivity contribution in [2.24, 2.45) is 5.92 Å². The number of nitrogens with one attached hydrogen (secondary N) is 2. The van der Waals surface area contributed by atoms with Gasteiger partial charge < -0.3 is 20.1 Å². The van der Waals surface area contributed by atoms with Gasteiger partial charge in [-0.2, -0.15) is 0 Å². The van der Waals surface area contributed by atoms with Gasteiger partial charge in [0.05, 0.1) is 14.2 Å². The summed E-state index contributed by atoms with van der Waals surface area (Å²) in [6.45, 7) is 2.48. The molecule has 0 atom stereocenters. The molecule has 1 aliphatic heterocycles. The highest BCUT2D eigenvalue weighted by atomic mass is 16.5. The molecule has 0 aliphatic carbocycles. The van der Waals surface area contributed by atoms with Gasteiger partial charge in [-0.25, -0.2) is 0 Å². The van der Waals surface area contributed by atoms with E-state index in [0.717, 1.165) is 49.4 Å². The lowest BCUT2D eigenvalue weighted by Gasteiger charge is -2.21. The van der Waals surface area contributed by atoms with Crippen LogP contribution in [0.3, 0.4) is 0 Å². The summed E-state index contributed by atoms with van der Waals surface area (Å²) in [4.78, 5) is 12.1. The Morgan fingerprint density at radius 1 is 1.29 bits per heavy atom. The number of hydrogen-bond donors (Lipinski definition) is 2. The van der Waals surface area contributed by atoms with E-state index in [0.29, 0.717) is 6.54 Å². The Bertz CT molecular complexity index is 471. The Morgan fingerprint density at radius 3 is 2.71 bits per heavy atom. The van der Waals surface area contributed by atoms with Crippen molar-refractivity contribution in [3.05, 3.63) is 23.8 Å². The van der Waals surface area contributed by atoms with Crippen LogP contribution in [-0.2, 0) is 11.2 Å². The summed E-state index contributed by atoms with van der Waals surface area (Å²) in [7, 11) is 3.30. The summed E-state index contributed by atoms with van der Waals surface area (Å²) in [6.07, 6.45) is 2.58. The van der Waals surface area contributed by atoms with Gasteiger partial charge in [0, 0.05) is 12.5 Å². The largest absolute Gasteiger partial charge is 0.497 e. The van der Waals surface area contributed by atoms with E-state index in [2.05, 4.69) is 10.6 Å². The molecule has 5 nitrogen and oxygen atoms in total. The SMILES string of the molecule is COc1ccc(OC)c(CCNC(=O)C2CCNCC2)c1. The predicted octanol–water partition coefficient (Wildman–Crippen LogP) is 1.36. The third-order valence-corrected chi connectivity index (χ3v) is 3.89. The molecule has 1 aromatic rings. The van der Waals surface area contributed by atoms with E-state index in [1.165, 1.54) is 0 Å².